The number of carbonyl (C=O) groups excluding carboxylic acids is 1. The van der Waals surface area contributed by atoms with Crippen molar-refractivity contribution >= 4 is 23.0 Å². The summed E-state index contributed by atoms with van der Waals surface area (Å²) < 4.78 is 1.97. The normalized spacial score (nSPS) is 10.5. The van der Waals surface area contributed by atoms with Crippen LogP contribution in [0, 0.1) is 0 Å². The van der Waals surface area contributed by atoms with E-state index in [2.05, 4.69) is 4.98 Å². The highest BCUT2D eigenvalue weighted by atomic mass is 16.1. The van der Waals surface area contributed by atoms with Crippen LogP contribution in [0.4, 0.5) is 5.69 Å². The van der Waals surface area contributed by atoms with E-state index >= 15 is 0 Å². The topological polar surface area (TPSA) is 38.1 Å². The lowest BCUT2D eigenvalue weighted by atomic mass is 10.2. The molecule has 0 amide bonds. The molecular formula is C11H13N3O. The number of aryl methyl sites for hydroxylation is 1. The third-order valence-corrected chi connectivity index (χ3v) is 2.50. The zero-order valence-electron chi connectivity index (χ0n) is 8.84. The zero-order valence-corrected chi connectivity index (χ0v) is 8.84. The van der Waals surface area contributed by atoms with E-state index in [4.69, 9.17) is 0 Å². The molecule has 0 aliphatic heterocycles. The molecule has 2 aromatic rings. The Balaban J connectivity index is 2.42. The predicted octanol–water partition coefficient (Wildman–Crippen LogP) is 1.21. The van der Waals surface area contributed by atoms with Crippen LogP contribution in [-0.4, -0.2) is 29.4 Å². The number of rotatable bonds is 3. The molecule has 0 bridgehead atoms. The fourth-order valence-electron chi connectivity index (χ4n) is 1.58. The number of likely N-dealkylation sites (N-methyl/N-ethyl adjacent to an activating group) is 1. The highest BCUT2D eigenvalue weighted by molar-refractivity contribution is 5.80. The molecule has 0 N–H and O–H groups in total. The first-order valence-electron chi connectivity index (χ1n) is 4.78. The molecule has 1 heterocycles. The molecule has 15 heavy (non-hydrogen) atoms. The Bertz CT molecular complexity index is 490. The van der Waals surface area contributed by atoms with Gasteiger partial charge in [0.05, 0.1) is 23.9 Å². The van der Waals surface area contributed by atoms with Crippen LogP contribution in [0.1, 0.15) is 0 Å². The molecule has 1 aromatic carbocycles. The predicted molar refractivity (Wildman–Crippen MR) is 60.0 cm³/mol. The van der Waals surface area contributed by atoms with Crippen LogP contribution in [0.25, 0.3) is 11.0 Å². The second-order valence-corrected chi connectivity index (χ2v) is 3.58. The SMILES string of the molecule is CN(CC=O)c1ccc2c(c1)ncn2C. The number of nitrogens with zero attached hydrogens (tertiary/aromatic N) is 3. The van der Waals surface area contributed by atoms with Crippen molar-refractivity contribution in [3.63, 3.8) is 0 Å². The highest BCUT2D eigenvalue weighted by Crippen LogP contribution is 2.19. The van der Waals surface area contributed by atoms with Crippen LogP contribution >= 0.6 is 0 Å². The van der Waals surface area contributed by atoms with Gasteiger partial charge < -0.3 is 14.3 Å². The van der Waals surface area contributed by atoms with Gasteiger partial charge in [-0.2, -0.15) is 0 Å². The van der Waals surface area contributed by atoms with Crippen molar-refractivity contribution in [1.29, 1.82) is 0 Å². The summed E-state index contributed by atoms with van der Waals surface area (Å²) in [7, 11) is 3.85. The second-order valence-electron chi connectivity index (χ2n) is 3.58. The van der Waals surface area contributed by atoms with Crippen molar-refractivity contribution in [2.24, 2.45) is 7.05 Å². The maximum atomic E-state index is 10.4. The monoisotopic (exact) mass is 203 g/mol. The fourth-order valence-corrected chi connectivity index (χ4v) is 1.58. The van der Waals surface area contributed by atoms with E-state index in [9.17, 15) is 4.79 Å². The Labute approximate surface area is 88.1 Å². The maximum absolute atomic E-state index is 10.4. The van der Waals surface area contributed by atoms with Gasteiger partial charge in [-0.15, -0.1) is 0 Å². The van der Waals surface area contributed by atoms with E-state index in [1.165, 1.54) is 0 Å². The highest BCUT2D eigenvalue weighted by Gasteiger charge is 2.03. The Morgan fingerprint density at radius 3 is 3.07 bits per heavy atom. The Hall–Kier alpha value is -1.84. The Morgan fingerprint density at radius 1 is 1.53 bits per heavy atom. The van der Waals surface area contributed by atoms with Crippen molar-refractivity contribution in [2.75, 3.05) is 18.5 Å². The smallest absolute Gasteiger partial charge is 0.139 e. The fraction of sp³-hybridized carbons (Fsp3) is 0.273. The number of aldehydes is 1. The van der Waals surface area contributed by atoms with E-state index in [0.717, 1.165) is 23.0 Å². The molecule has 0 unspecified atom stereocenters. The quantitative estimate of drug-likeness (QED) is 0.704. The lowest BCUT2D eigenvalue weighted by Gasteiger charge is -2.15. The largest absolute Gasteiger partial charge is 0.367 e. The summed E-state index contributed by atoms with van der Waals surface area (Å²) in [4.78, 5) is 16.6. The molecule has 4 heteroatoms. The van der Waals surface area contributed by atoms with Crippen molar-refractivity contribution < 1.29 is 4.79 Å². The summed E-state index contributed by atoms with van der Waals surface area (Å²) in [6, 6.07) is 5.99. The number of anilines is 1. The van der Waals surface area contributed by atoms with Gasteiger partial charge in [0.2, 0.25) is 0 Å². The van der Waals surface area contributed by atoms with Crippen molar-refractivity contribution in [1.82, 2.24) is 9.55 Å². The number of benzene rings is 1. The van der Waals surface area contributed by atoms with Gasteiger partial charge in [-0.3, -0.25) is 0 Å². The minimum atomic E-state index is 0.401. The number of hydrogen-bond acceptors (Lipinski definition) is 3. The van der Waals surface area contributed by atoms with Gasteiger partial charge in [0.15, 0.2) is 0 Å². The summed E-state index contributed by atoms with van der Waals surface area (Å²) >= 11 is 0. The van der Waals surface area contributed by atoms with E-state index < -0.39 is 0 Å². The third-order valence-electron chi connectivity index (χ3n) is 2.50. The molecule has 2 rings (SSSR count). The average Bonchev–Trinajstić information content (AvgIpc) is 2.60. The summed E-state index contributed by atoms with van der Waals surface area (Å²) in [6.07, 6.45) is 2.68. The second kappa shape index (κ2) is 3.73. The summed E-state index contributed by atoms with van der Waals surface area (Å²) in [5, 5.41) is 0. The molecule has 0 aliphatic rings. The van der Waals surface area contributed by atoms with Crippen LogP contribution in [-0.2, 0) is 11.8 Å². The lowest BCUT2D eigenvalue weighted by molar-refractivity contribution is -0.106. The van der Waals surface area contributed by atoms with Gasteiger partial charge in [-0.25, -0.2) is 4.98 Å². The van der Waals surface area contributed by atoms with Crippen LogP contribution in [0.5, 0.6) is 0 Å². The molecule has 0 atom stereocenters. The Morgan fingerprint density at radius 2 is 2.33 bits per heavy atom. The van der Waals surface area contributed by atoms with E-state index in [-0.39, 0.29) is 0 Å². The number of imidazole rings is 1. The minimum absolute atomic E-state index is 0.401. The van der Waals surface area contributed by atoms with Crippen LogP contribution in [0.15, 0.2) is 24.5 Å². The van der Waals surface area contributed by atoms with Gasteiger partial charge in [-0.1, -0.05) is 0 Å². The van der Waals surface area contributed by atoms with Crippen LogP contribution < -0.4 is 4.90 Å². The molecule has 78 valence electrons. The number of aromatic nitrogens is 2. The Kier molecular flexibility index (Phi) is 2.41. The first-order chi connectivity index (χ1) is 7.22. The summed E-state index contributed by atoms with van der Waals surface area (Å²) in [6.45, 7) is 0.401. The third kappa shape index (κ3) is 1.70. The zero-order chi connectivity index (χ0) is 10.8. The molecule has 0 fully saturated rings. The number of hydrogen-bond donors (Lipinski definition) is 0. The molecule has 0 saturated carbocycles. The molecule has 0 saturated heterocycles. The van der Waals surface area contributed by atoms with Gasteiger partial charge in [0, 0.05) is 19.8 Å². The van der Waals surface area contributed by atoms with Crippen molar-refractivity contribution in [3.8, 4) is 0 Å². The first kappa shape index (κ1) is 9.71. The maximum Gasteiger partial charge on any atom is 0.139 e. The van der Waals surface area contributed by atoms with E-state index in [0.29, 0.717) is 6.54 Å². The molecular weight excluding hydrogens is 190 g/mol. The molecule has 1 aromatic heterocycles. The number of fused-ring (bicyclic) bond motifs is 1. The van der Waals surface area contributed by atoms with Gasteiger partial charge in [0.25, 0.3) is 0 Å². The lowest BCUT2D eigenvalue weighted by Crippen LogP contribution is -2.19. The van der Waals surface area contributed by atoms with Gasteiger partial charge >= 0.3 is 0 Å². The summed E-state index contributed by atoms with van der Waals surface area (Å²) in [5.74, 6) is 0. The molecule has 0 spiro atoms. The van der Waals surface area contributed by atoms with Crippen molar-refractivity contribution in [2.45, 2.75) is 0 Å². The van der Waals surface area contributed by atoms with Gasteiger partial charge in [-0.05, 0) is 18.2 Å². The van der Waals surface area contributed by atoms with E-state index in [1.807, 2.05) is 41.8 Å². The van der Waals surface area contributed by atoms with Crippen LogP contribution in [0.2, 0.25) is 0 Å². The molecule has 4 nitrogen and oxygen atoms in total. The van der Waals surface area contributed by atoms with Crippen LogP contribution in [0.3, 0.4) is 0 Å². The minimum Gasteiger partial charge on any atom is -0.367 e. The summed E-state index contributed by atoms with van der Waals surface area (Å²) in [5.41, 5.74) is 3.05. The van der Waals surface area contributed by atoms with Crippen molar-refractivity contribution in [3.05, 3.63) is 24.5 Å². The van der Waals surface area contributed by atoms with E-state index in [1.54, 1.807) is 6.33 Å². The number of carbonyl (C=O) groups is 1. The first-order valence-corrected chi connectivity index (χ1v) is 4.78. The molecule has 0 radical (unpaired) electrons. The standard InChI is InChI=1S/C11H13N3O/c1-13(5-6-15)9-3-4-11-10(7-9)12-8-14(11)2/h3-4,6-8H,5H2,1-2H3. The molecule has 0 aliphatic carbocycles. The average molecular weight is 203 g/mol. The van der Waals surface area contributed by atoms with Gasteiger partial charge in [0.1, 0.15) is 6.29 Å².